The predicted octanol–water partition coefficient (Wildman–Crippen LogP) is 2.45. The van der Waals surface area contributed by atoms with Crippen LogP contribution >= 0.6 is 0 Å². The summed E-state index contributed by atoms with van der Waals surface area (Å²) in [6.45, 7) is 1.14. The summed E-state index contributed by atoms with van der Waals surface area (Å²) in [5.41, 5.74) is 8.38. The first-order chi connectivity index (χ1) is 7.40. The van der Waals surface area contributed by atoms with Crippen LogP contribution < -0.4 is 11.1 Å². The fourth-order valence-corrected chi connectivity index (χ4v) is 2.49. The van der Waals surface area contributed by atoms with Crippen LogP contribution in [0.3, 0.4) is 0 Å². The lowest BCUT2D eigenvalue weighted by Crippen LogP contribution is -2.19. The number of hydrogen-bond acceptors (Lipinski definition) is 2. The third-order valence-corrected chi connectivity index (χ3v) is 3.35. The summed E-state index contributed by atoms with van der Waals surface area (Å²) in [5.74, 6) is 0.784. The van der Waals surface area contributed by atoms with Crippen molar-refractivity contribution < 1.29 is 0 Å². The minimum Gasteiger partial charge on any atom is -0.405 e. The Labute approximate surface area is 91.9 Å². The Bertz CT molecular complexity index is 290. The van der Waals surface area contributed by atoms with E-state index in [0.717, 1.165) is 12.5 Å². The quantitative estimate of drug-likeness (QED) is 0.725. The van der Waals surface area contributed by atoms with Crippen LogP contribution in [0.1, 0.15) is 32.1 Å². The average molecular weight is 204 g/mol. The molecule has 2 rings (SSSR count). The van der Waals surface area contributed by atoms with E-state index in [4.69, 9.17) is 5.73 Å². The van der Waals surface area contributed by atoms with Crippen LogP contribution in [-0.4, -0.2) is 6.54 Å². The maximum atomic E-state index is 5.33. The van der Waals surface area contributed by atoms with Gasteiger partial charge in [0.1, 0.15) is 0 Å². The van der Waals surface area contributed by atoms with Crippen molar-refractivity contribution in [3.63, 3.8) is 0 Å². The standard InChI is InChI=1S/C13H20N2/c14-9-1-3-11-5-7-12(8-6-11)13-4-2-10-15-13/h1,3-4,9,12,15H,2,5-8,10,14H2/b9-1-,11-3?. The van der Waals surface area contributed by atoms with Crippen LogP contribution in [0.5, 0.6) is 0 Å². The molecule has 15 heavy (non-hydrogen) atoms. The van der Waals surface area contributed by atoms with Crippen molar-refractivity contribution in [2.75, 3.05) is 6.54 Å². The van der Waals surface area contributed by atoms with E-state index in [1.54, 1.807) is 11.8 Å². The summed E-state index contributed by atoms with van der Waals surface area (Å²) < 4.78 is 0. The average Bonchev–Trinajstić information content (AvgIpc) is 2.80. The minimum absolute atomic E-state index is 0.784. The smallest absolute Gasteiger partial charge is 0.0179 e. The Hall–Kier alpha value is -1.18. The molecule has 0 saturated heterocycles. The number of rotatable bonds is 2. The number of nitrogens with one attached hydrogen (secondary N) is 1. The van der Waals surface area contributed by atoms with E-state index in [-0.39, 0.29) is 0 Å². The van der Waals surface area contributed by atoms with Gasteiger partial charge in [0.25, 0.3) is 0 Å². The predicted molar refractivity (Wildman–Crippen MR) is 64.1 cm³/mol. The second kappa shape index (κ2) is 5.06. The van der Waals surface area contributed by atoms with Crippen LogP contribution in [-0.2, 0) is 0 Å². The molecule has 0 bridgehead atoms. The van der Waals surface area contributed by atoms with Crippen LogP contribution in [0.25, 0.3) is 0 Å². The molecule has 1 fully saturated rings. The fourth-order valence-electron chi connectivity index (χ4n) is 2.49. The van der Waals surface area contributed by atoms with Gasteiger partial charge in [-0.25, -0.2) is 0 Å². The lowest BCUT2D eigenvalue weighted by Gasteiger charge is -2.25. The first-order valence-corrected chi connectivity index (χ1v) is 5.90. The van der Waals surface area contributed by atoms with E-state index in [1.165, 1.54) is 37.8 Å². The Balaban J connectivity index is 1.86. The van der Waals surface area contributed by atoms with Gasteiger partial charge in [0.2, 0.25) is 0 Å². The highest BCUT2D eigenvalue weighted by Gasteiger charge is 2.21. The fraction of sp³-hybridized carbons (Fsp3) is 0.538. The highest BCUT2D eigenvalue weighted by molar-refractivity contribution is 5.18. The maximum absolute atomic E-state index is 5.33. The second-order valence-corrected chi connectivity index (χ2v) is 4.36. The molecule has 0 aromatic carbocycles. The molecule has 1 aliphatic carbocycles. The van der Waals surface area contributed by atoms with E-state index in [2.05, 4.69) is 17.5 Å². The number of nitrogens with two attached hydrogens (primary N) is 1. The highest BCUT2D eigenvalue weighted by Crippen LogP contribution is 2.32. The SMILES string of the molecule is N/C=C\C=C1CCC(C2=CCCN2)CC1. The van der Waals surface area contributed by atoms with Crippen molar-refractivity contribution in [2.24, 2.45) is 11.7 Å². The molecule has 0 unspecified atom stereocenters. The largest absolute Gasteiger partial charge is 0.405 e. The van der Waals surface area contributed by atoms with E-state index in [1.807, 2.05) is 6.08 Å². The Kier molecular flexibility index (Phi) is 3.49. The molecule has 0 aromatic rings. The molecule has 1 heterocycles. The van der Waals surface area contributed by atoms with Gasteiger partial charge < -0.3 is 11.1 Å². The summed E-state index contributed by atoms with van der Waals surface area (Å²) in [7, 11) is 0. The van der Waals surface area contributed by atoms with Gasteiger partial charge in [-0.05, 0) is 50.3 Å². The van der Waals surface area contributed by atoms with Crippen molar-refractivity contribution in [1.29, 1.82) is 0 Å². The van der Waals surface area contributed by atoms with Crippen molar-refractivity contribution in [1.82, 2.24) is 5.32 Å². The monoisotopic (exact) mass is 204 g/mol. The second-order valence-electron chi connectivity index (χ2n) is 4.36. The van der Waals surface area contributed by atoms with E-state index in [0.29, 0.717) is 0 Å². The molecule has 0 amide bonds. The third kappa shape index (κ3) is 2.65. The van der Waals surface area contributed by atoms with Crippen molar-refractivity contribution >= 4 is 0 Å². The van der Waals surface area contributed by atoms with Crippen LogP contribution in [0.15, 0.2) is 35.7 Å². The van der Waals surface area contributed by atoms with Gasteiger partial charge in [-0.2, -0.15) is 0 Å². The minimum atomic E-state index is 0.784. The van der Waals surface area contributed by atoms with Crippen molar-refractivity contribution in [3.05, 3.63) is 35.7 Å². The summed E-state index contributed by atoms with van der Waals surface area (Å²) in [6.07, 6.45) is 14.4. The van der Waals surface area contributed by atoms with Crippen LogP contribution in [0.4, 0.5) is 0 Å². The van der Waals surface area contributed by atoms with Gasteiger partial charge in [-0.3, -0.25) is 0 Å². The number of hydrogen-bond donors (Lipinski definition) is 2. The molecular weight excluding hydrogens is 184 g/mol. The molecule has 1 saturated carbocycles. The molecular formula is C13H20N2. The van der Waals surface area contributed by atoms with Crippen LogP contribution in [0, 0.1) is 5.92 Å². The van der Waals surface area contributed by atoms with Gasteiger partial charge in [0, 0.05) is 12.2 Å². The van der Waals surface area contributed by atoms with E-state index >= 15 is 0 Å². The summed E-state index contributed by atoms with van der Waals surface area (Å²) >= 11 is 0. The van der Waals surface area contributed by atoms with Crippen LogP contribution in [0.2, 0.25) is 0 Å². The van der Waals surface area contributed by atoms with Crippen molar-refractivity contribution in [3.8, 4) is 0 Å². The molecule has 3 N–H and O–H groups in total. The molecule has 82 valence electrons. The first-order valence-electron chi connectivity index (χ1n) is 5.90. The van der Waals surface area contributed by atoms with Gasteiger partial charge in [-0.1, -0.05) is 17.7 Å². The Morgan fingerprint density at radius 2 is 2.13 bits per heavy atom. The molecule has 2 nitrogen and oxygen atoms in total. The molecule has 0 radical (unpaired) electrons. The van der Waals surface area contributed by atoms with E-state index in [9.17, 15) is 0 Å². The Morgan fingerprint density at radius 1 is 1.33 bits per heavy atom. The van der Waals surface area contributed by atoms with E-state index < -0.39 is 0 Å². The summed E-state index contributed by atoms with van der Waals surface area (Å²) in [4.78, 5) is 0. The molecule has 2 aliphatic rings. The number of allylic oxidation sites excluding steroid dienone is 4. The van der Waals surface area contributed by atoms with Gasteiger partial charge in [0.15, 0.2) is 0 Å². The molecule has 0 aromatic heterocycles. The molecule has 0 atom stereocenters. The molecule has 1 aliphatic heterocycles. The molecule has 2 heteroatoms. The topological polar surface area (TPSA) is 38.0 Å². The third-order valence-electron chi connectivity index (χ3n) is 3.35. The zero-order valence-electron chi connectivity index (χ0n) is 9.21. The normalized spacial score (nSPS) is 26.5. The lowest BCUT2D eigenvalue weighted by molar-refractivity contribution is 0.448. The van der Waals surface area contributed by atoms with Crippen molar-refractivity contribution in [2.45, 2.75) is 32.1 Å². The first kappa shape index (κ1) is 10.3. The Morgan fingerprint density at radius 3 is 2.73 bits per heavy atom. The zero-order valence-corrected chi connectivity index (χ0v) is 9.21. The lowest BCUT2D eigenvalue weighted by atomic mass is 9.84. The zero-order chi connectivity index (χ0) is 10.5. The maximum Gasteiger partial charge on any atom is 0.0179 e. The summed E-state index contributed by atoms with van der Waals surface area (Å²) in [6, 6.07) is 0. The summed E-state index contributed by atoms with van der Waals surface area (Å²) in [5, 5.41) is 3.49. The van der Waals surface area contributed by atoms with Gasteiger partial charge in [-0.15, -0.1) is 0 Å². The van der Waals surface area contributed by atoms with Gasteiger partial charge in [0.05, 0.1) is 0 Å². The molecule has 0 spiro atoms. The highest BCUT2D eigenvalue weighted by atomic mass is 14.9. The van der Waals surface area contributed by atoms with Gasteiger partial charge >= 0.3 is 0 Å².